The van der Waals surface area contributed by atoms with Crippen LogP contribution in [0.5, 0.6) is 0 Å². The molecule has 0 aliphatic carbocycles. The number of amides is 2. The summed E-state index contributed by atoms with van der Waals surface area (Å²) in [7, 11) is 0. The van der Waals surface area contributed by atoms with Gasteiger partial charge in [-0.15, -0.1) is 0 Å². The van der Waals surface area contributed by atoms with Crippen molar-refractivity contribution in [1.82, 2.24) is 0 Å². The maximum atomic E-state index is 12.8. The largest absolute Gasteiger partial charge is 0.393 e. The van der Waals surface area contributed by atoms with Crippen molar-refractivity contribution in [1.29, 1.82) is 0 Å². The number of halogens is 2. The van der Waals surface area contributed by atoms with E-state index in [4.69, 9.17) is 27.9 Å². The van der Waals surface area contributed by atoms with Gasteiger partial charge in [0.1, 0.15) is 5.60 Å². The molecule has 4 atom stereocenters. The maximum Gasteiger partial charge on any atom is 0.241 e. The van der Waals surface area contributed by atoms with E-state index in [0.29, 0.717) is 5.02 Å². The zero-order valence-corrected chi connectivity index (χ0v) is 12.7. The number of aliphatic hydroxyl groups is 1. The summed E-state index contributed by atoms with van der Waals surface area (Å²) in [6.07, 6.45) is 2.91. The number of rotatable bonds is 2. The van der Waals surface area contributed by atoms with Gasteiger partial charge in [-0.2, -0.15) is 0 Å². The molecule has 114 valence electrons. The highest BCUT2D eigenvalue weighted by atomic mass is 35.5. The zero-order valence-electron chi connectivity index (χ0n) is 11.2. The van der Waals surface area contributed by atoms with Gasteiger partial charge in [0.05, 0.1) is 35.3 Å². The van der Waals surface area contributed by atoms with Crippen LogP contribution in [0.4, 0.5) is 5.69 Å². The molecule has 4 rings (SSSR count). The summed E-state index contributed by atoms with van der Waals surface area (Å²) in [6, 6.07) is 4.62. The molecule has 2 fully saturated rings. The zero-order chi connectivity index (χ0) is 15.6. The number of carbonyl (C=O) groups is 2. The molecule has 2 bridgehead atoms. The van der Waals surface area contributed by atoms with Crippen LogP contribution in [0.25, 0.3) is 0 Å². The van der Waals surface area contributed by atoms with Gasteiger partial charge in [-0.05, 0) is 18.2 Å². The minimum atomic E-state index is -1.11. The number of benzene rings is 1. The predicted octanol–water partition coefficient (Wildman–Crippen LogP) is 1.80. The van der Waals surface area contributed by atoms with E-state index in [1.54, 1.807) is 24.3 Å². The number of carbonyl (C=O) groups excluding carboxylic acids is 2. The first kappa shape index (κ1) is 14.2. The Hall–Kier alpha value is -1.40. The SMILES string of the molecule is O=C1[C@H]2[C@@H]3C=C[C@](CO)(O3)[C@H]2C(=O)N1c1cc(Cl)ccc1Cl. The summed E-state index contributed by atoms with van der Waals surface area (Å²) in [5.41, 5.74) is -0.840. The van der Waals surface area contributed by atoms with Crippen molar-refractivity contribution in [2.45, 2.75) is 11.7 Å². The Morgan fingerprint density at radius 3 is 2.77 bits per heavy atom. The summed E-state index contributed by atoms with van der Waals surface area (Å²) in [4.78, 5) is 26.6. The number of aliphatic hydroxyl groups excluding tert-OH is 1. The molecule has 22 heavy (non-hydrogen) atoms. The number of imide groups is 1. The predicted molar refractivity (Wildman–Crippen MR) is 79.8 cm³/mol. The van der Waals surface area contributed by atoms with Crippen molar-refractivity contribution in [3.63, 3.8) is 0 Å². The summed E-state index contributed by atoms with van der Waals surface area (Å²) in [5, 5.41) is 10.3. The molecule has 2 amide bonds. The van der Waals surface area contributed by atoms with E-state index < -0.39 is 29.4 Å². The second kappa shape index (κ2) is 4.55. The molecule has 0 unspecified atom stereocenters. The highest BCUT2D eigenvalue weighted by Crippen LogP contribution is 2.52. The average Bonchev–Trinajstić information content (AvgIpc) is 3.14. The third-order valence-corrected chi connectivity index (χ3v) is 5.11. The van der Waals surface area contributed by atoms with Gasteiger partial charge in [-0.1, -0.05) is 35.4 Å². The molecular weight excluding hydrogens is 329 g/mol. The van der Waals surface area contributed by atoms with Gasteiger partial charge in [0.25, 0.3) is 0 Å². The van der Waals surface area contributed by atoms with Crippen LogP contribution in [0.2, 0.25) is 10.0 Å². The fraction of sp³-hybridized carbons (Fsp3) is 0.333. The Labute approximate surface area is 136 Å². The van der Waals surface area contributed by atoms with Crippen LogP contribution in [-0.4, -0.2) is 35.2 Å². The molecular formula is C15H11Cl2NO4. The average molecular weight is 340 g/mol. The molecule has 0 spiro atoms. The molecule has 0 aromatic heterocycles. The van der Waals surface area contributed by atoms with Crippen LogP contribution in [0.1, 0.15) is 0 Å². The number of hydrogen-bond donors (Lipinski definition) is 1. The first-order valence-corrected chi connectivity index (χ1v) is 7.55. The van der Waals surface area contributed by atoms with Gasteiger partial charge >= 0.3 is 0 Å². The molecule has 1 aromatic carbocycles. The van der Waals surface area contributed by atoms with Crippen LogP contribution < -0.4 is 4.90 Å². The molecule has 3 aliphatic rings. The van der Waals surface area contributed by atoms with Gasteiger partial charge in [-0.3, -0.25) is 9.59 Å². The lowest BCUT2D eigenvalue weighted by Crippen LogP contribution is -2.43. The van der Waals surface area contributed by atoms with Crippen LogP contribution in [0.3, 0.4) is 0 Å². The van der Waals surface area contributed by atoms with E-state index >= 15 is 0 Å². The van der Waals surface area contributed by atoms with Crippen molar-refractivity contribution in [3.05, 3.63) is 40.4 Å². The summed E-state index contributed by atoms with van der Waals surface area (Å²) in [5.74, 6) is -2.14. The van der Waals surface area contributed by atoms with Crippen molar-refractivity contribution in [2.75, 3.05) is 11.5 Å². The van der Waals surface area contributed by atoms with E-state index in [-0.39, 0.29) is 23.2 Å². The molecule has 3 aliphatic heterocycles. The second-order valence-corrected chi connectivity index (χ2v) is 6.51. The summed E-state index contributed by atoms with van der Waals surface area (Å²) >= 11 is 12.1. The molecule has 1 aromatic rings. The topological polar surface area (TPSA) is 66.8 Å². The fourth-order valence-corrected chi connectivity index (χ4v) is 3.95. The lowest BCUT2D eigenvalue weighted by Gasteiger charge is -2.26. The fourth-order valence-electron chi connectivity index (χ4n) is 3.58. The third kappa shape index (κ3) is 1.62. The second-order valence-electron chi connectivity index (χ2n) is 5.67. The Kier molecular flexibility index (Phi) is 2.94. The number of nitrogens with zero attached hydrogens (tertiary/aromatic N) is 1. The van der Waals surface area contributed by atoms with Crippen molar-refractivity contribution < 1.29 is 19.4 Å². The lowest BCUT2D eigenvalue weighted by molar-refractivity contribution is -0.128. The molecule has 0 radical (unpaired) electrons. The molecule has 0 saturated carbocycles. The number of fused-ring (bicyclic) bond motifs is 5. The highest BCUT2D eigenvalue weighted by molar-refractivity contribution is 6.37. The highest BCUT2D eigenvalue weighted by Gasteiger charge is 2.67. The van der Waals surface area contributed by atoms with Gasteiger partial charge in [0, 0.05) is 5.02 Å². The maximum absolute atomic E-state index is 12.8. The molecule has 5 nitrogen and oxygen atoms in total. The van der Waals surface area contributed by atoms with Gasteiger partial charge in [0.2, 0.25) is 11.8 Å². The third-order valence-electron chi connectivity index (χ3n) is 4.55. The van der Waals surface area contributed by atoms with Crippen LogP contribution in [0.15, 0.2) is 30.4 Å². The standard InChI is InChI=1S/C15H11Cl2NO4/c16-7-1-2-8(17)9(5-7)18-13(20)11-10-3-4-15(6-19,22-10)12(11)14(18)21/h1-5,10-12,19H,6H2/t10-,11-,12+,15+/m0/s1. The number of hydrogen-bond acceptors (Lipinski definition) is 4. The normalized spacial score (nSPS) is 35.6. The van der Waals surface area contributed by atoms with Gasteiger partial charge < -0.3 is 9.84 Å². The lowest BCUT2D eigenvalue weighted by atomic mass is 9.77. The summed E-state index contributed by atoms with van der Waals surface area (Å²) < 4.78 is 5.67. The van der Waals surface area contributed by atoms with E-state index in [1.165, 1.54) is 6.07 Å². The van der Waals surface area contributed by atoms with Crippen LogP contribution in [0, 0.1) is 11.8 Å². The van der Waals surface area contributed by atoms with E-state index in [0.717, 1.165) is 4.90 Å². The van der Waals surface area contributed by atoms with E-state index in [9.17, 15) is 14.7 Å². The van der Waals surface area contributed by atoms with Crippen LogP contribution in [-0.2, 0) is 14.3 Å². The van der Waals surface area contributed by atoms with Crippen molar-refractivity contribution >= 4 is 40.7 Å². The molecule has 1 N–H and O–H groups in total. The van der Waals surface area contributed by atoms with E-state index in [2.05, 4.69) is 0 Å². The molecule has 7 heteroatoms. The smallest absolute Gasteiger partial charge is 0.241 e. The van der Waals surface area contributed by atoms with Crippen molar-refractivity contribution in [2.24, 2.45) is 11.8 Å². The molecule has 2 saturated heterocycles. The van der Waals surface area contributed by atoms with Crippen molar-refractivity contribution in [3.8, 4) is 0 Å². The Morgan fingerprint density at radius 1 is 1.27 bits per heavy atom. The van der Waals surface area contributed by atoms with Gasteiger partial charge in [0.15, 0.2) is 0 Å². The minimum Gasteiger partial charge on any atom is -0.393 e. The van der Waals surface area contributed by atoms with Crippen LogP contribution >= 0.6 is 23.2 Å². The summed E-state index contributed by atoms with van der Waals surface area (Å²) in [6.45, 7) is -0.350. The molecule has 3 heterocycles. The minimum absolute atomic E-state index is 0.269. The first-order chi connectivity index (χ1) is 10.5. The Bertz CT molecular complexity index is 734. The Morgan fingerprint density at radius 2 is 2.05 bits per heavy atom. The van der Waals surface area contributed by atoms with Gasteiger partial charge in [-0.25, -0.2) is 4.90 Å². The number of anilines is 1. The van der Waals surface area contributed by atoms with E-state index in [1.807, 2.05) is 0 Å². The quantitative estimate of drug-likeness (QED) is 0.659. The monoisotopic (exact) mass is 339 g/mol. The number of ether oxygens (including phenoxy) is 1. The first-order valence-electron chi connectivity index (χ1n) is 6.79. The Balaban J connectivity index is 1.81.